The van der Waals surface area contributed by atoms with Gasteiger partial charge in [0.15, 0.2) is 0 Å². The van der Waals surface area contributed by atoms with Gasteiger partial charge < -0.3 is 15.2 Å². The molecule has 0 spiro atoms. The summed E-state index contributed by atoms with van der Waals surface area (Å²) < 4.78 is 11.3. The molecule has 0 unspecified atom stereocenters. The van der Waals surface area contributed by atoms with Crippen LogP contribution < -0.4 is 15.2 Å². The Kier molecular flexibility index (Phi) is 4.97. The Labute approximate surface area is 130 Å². The van der Waals surface area contributed by atoms with Gasteiger partial charge in [-0.1, -0.05) is 11.6 Å². The Morgan fingerprint density at radius 2 is 1.38 bits per heavy atom. The number of nitrogens with two attached hydrogens (primary N) is 1. The molecule has 2 N–H and O–H groups in total. The lowest BCUT2D eigenvalue weighted by Crippen LogP contribution is -2.09. The van der Waals surface area contributed by atoms with Crippen molar-refractivity contribution in [1.82, 2.24) is 0 Å². The molecule has 0 aliphatic carbocycles. The Bertz CT molecular complexity index is 618. The van der Waals surface area contributed by atoms with Gasteiger partial charge >= 0.3 is 0 Å². The fourth-order valence-corrected chi connectivity index (χ4v) is 2.16. The van der Waals surface area contributed by atoms with E-state index in [2.05, 4.69) is 0 Å². The Hall–Kier alpha value is -1.87. The molecule has 0 heterocycles. The Balaban J connectivity index is 1.86. The van der Waals surface area contributed by atoms with Gasteiger partial charge in [0, 0.05) is 10.7 Å². The van der Waals surface area contributed by atoms with Crippen molar-refractivity contribution in [2.45, 2.75) is 20.8 Å². The molecule has 21 heavy (non-hydrogen) atoms. The van der Waals surface area contributed by atoms with E-state index in [1.54, 1.807) is 0 Å². The highest BCUT2D eigenvalue weighted by Crippen LogP contribution is 2.25. The maximum atomic E-state index is 6.13. The number of benzene rings is 2. The van der Waals surface area contributed by atoms with Gasteiger partial charge in [0.25, 0.3) is 0 Å². The summed E-state index contributed by atoms with van der Waals surface area (Å²) in [6, 6.07) is 9.49. The van der Waals surface area contributed by atoms with Crippen molar-refractivity contribution in [1.29, 1.82) is 0 Å². The second-order valence-electron chi connectivity index (χ2n) is 5.09. The van der Waals surface area contributed by atoms with Gasteiger partial charge in [-0.25, -0.2) is 0 Å². The van der Waals surface area contributed by atoms with Crippen molar-refractivity contribution in [2.75, 3.05) is 18.9 Å². The lowest BCUT2D eigenvalue weighted by Gasteiger charge is -2.11. The third-order valence-electron chi connectivity index (χ3n) is 3.27. The van der Waals surface area contributed by atoms with Crippen LogP contribution in [0.15, 0.2) is 30.3 Å². The molecule has 0 fully saturated rings. The fraction of sp³-hybridized carbons (Fsp3) is 0.294. The number of hydrogen-bond acceptors (Lipinski definition) is 3. The maximum Gasteiger partial charge on any atom is 0.122 e. The Morgan fingerprint density at radius 1 is 0.857 bits per heavy atom. The summed E-state index contributed by atoms with van der Waals surface area (Å²) in [6.07, 6.45) is 0. The van der Waals surface area contributed by atoms with Crippen LogP contribution in [0.25, 0.3) is 0 Å². The topological polar surface area (TPSA) is 44.5 Å². The number of halogens is 1. The van der Waals surface area contributed by atoms with Crippen LogP contribution in [-0.4, -0.2) is 13.2 Å². The van der Waals surface area contributed by atoms with Gasteiger partial charge in [-0.2, -0.15) is 0 Å². The molecule has 2 rings (SSSR count). The highest BCUT2D eigenvalue weighted by Gasteiger charge is 2.04. The smallest absolute Gasteiger partial charge is 0.122 e. The molecule has 0 atom stereocenters. The van der Waals surface area contributed by atoms with E-state index in [0.717, 1.165) is 38.9 Å². The molecule has 2 aromatic rings. The third-order valence-corrected chi connectivity index (χ3v) is 3.87. The first-order valence-corrected chi connectivity index (χ1v) is 7.23. The number of aryl methyl sites for hydroxylation is 3. The average molecular weight is 306 g/mol. The van der Waals surface area contributed by atoms with Crippen molar-refractivity contribution in [3.8, 4) is 11.5 Å². The van der Waals surface area contributed by atoms with Crippen LogP contribution in [0.2, 0.25) is 5.02 Å². The minimum Gasteiger partial charge on any atom is -0.490 e. The van der Waals surface area contributed by atoms with Crippen LogP contribution in [0, 0.1) is 20.8 Å². The van der Waals surface area contributed by atoms with Crippen LogP contribution in [0.5, 0.6) is 11.5 Å². The molecule has 0 amide bonds. The van der Waals surface area contributed by atoms with E-state index >= 15 is 0 Å². The van der Waals surface area contributed by atoms with E-state index in [1.807, 2.05) is 51.1 Å². The molecule has 112 valence electrons. The minimum absolute atomic E-state index is 0.476. The first-order chi connectivity index (χ1) is 9.97. The summed E-state index contributed by atoms with van der Waals surface area (Å²) >= 11 is 6.13. The quantitative estimate of drug-likeness (QED) is 0.661. The molecular weight excluding hydrogens is 286 g/mol. The number of anilines is 1. The van der Waals surface area contributed by atoms with Gasteiger partial charge in [0.2, 0.25) is 0 Å². The minimum atomic E-state index is 0.476. The largest absolute Gasteiger partial charge is 0.490 e. The van der Waals surface area contributed by atoms with Gasteiger partial charge in [0.1, 0.15) is 24.7 Å². The van der Waals surface area contributed by atoms with E-state index in [4.69, 9.17) is 26.8 Å². The first kappa shape index (κ1) is 15.5. The van der Waals surface area contributed by atoms with Crippen LogP contribution in [-0.2, 0) is 0 Å². The molecule has 0 saturated heterocycles. The molecule has 0 aliphatic heterocycles. The van der Waals surface area contributed by atoms with Crippen molar-refractivity contribution in [2.24, 2.45) is 0 Å². The average Bonchev–Trinajstić information content (AvgIpc) is 2.44. The van der Waals surface area contributed by atoms with Gasteiger partial charge in [-0.05, 0) is 67.8 Å². The molecule has 0 radical (unpaired) electrons. The fourth-order valence-electron chi connectivity index (χ4n) is 2.05. The van der Waals surface area contributed by atoms with Crippen molar-refractivity contribution >= 4 is 17.3 Å². The zero-order valence-electron chi connectivity index (χ0n) is 12.6. The summed E-state index contributed by atoms with van der Waals surface area (Å²) in [5.41, 5.74) is 9.58. The summed E-state index contributed by atoms with van der Waals surface area (Å²) in [7, 11) is 0. The normalized spacial score (nSPS) is 10.5. The van der Waals surface area contributed by atoms with Crippen LogP contribution in [0.4, 0.5) is 5.69 Å². The second kappa shape index (κ2) is 6.72. The van der Waals surface area contributed by atoms with Crippen LogP contribution >= 0.6 is 11.6 Å². The van der Waals surface area contributed by atoms with Gasteiger partial charge in [-0.15, -0.1) is 0 Å². The number of nitrogen functional groups attached to an aromatic ring is 1. The van der Waals surface area contributed by atoms with Crippen molar-refractivity contribution in [3.05, 3.63) is 52.0 Å². The molecular formula is C17H20ClNO2. The molecule has 2 aromatic carbocycles. The lowest BCUT2D eigenvalue weighted by molar-refractivity contribution is 0.217. The predicted octanol–water partition coefficient (Wildman–Crippen LogP) is 4.31. The van der Waals surface area contributed by atoms with Crippen molar-refractivity contribution in [3.63, 3.8) is 0 Å². The zero-order chi connectivity index (χ0) is 15.4. The van der Waals surface area contributed by atoms with Gasteiger partial charge in [-0.3, -0.25) is 0 Å². The zero-order valence-corrected chi connectivity index (χ0v) is 13.3. The standard InChI is InChI=1S/C17H20ClNO2/c1-11-8-14(4-5-16(11)19)20-6-7-21-15-9-12(2)17(18)13(3)10-15/h4-5,8-10H,6-7,19H2,1-3H3. The van der Waals surface area contributed by atoms with E-state index in [1.165, 1.54) is 0 Å². The second-order valence-corrected chi connectivity index (χ2v) is 5.46. The Morgan fingerprint density at radius 3 is 1.95 bits per heavy atom. The number of ether oxygens (including phenoxy) is 2. The summed E-state index contributed by atoms with van der Waals surface area (Å²) in [4.78, 5) is 0. The summed E-state index contributed by atoms with van der Waals surface area (Å²) in [5, 5.41) is 0.788. The molecule has 0 saturated carbocycles. The van der Waals surface area contributed by atoms with E-state index in [-0.39, 0.29) is 0 Å². The van der Waals surface area contributed by atoms with Crippen molar-refractivity contribution < 1.29 is 9.47 Å². The molecule has 4 heteroatoms. The van der Waals surface area contributed by atoms with E-state index in [0.29, 0.717) is 13.2 Å². The molecule has 3 nitrogen and oxygen atoms in total. The monoisotopic (exact) mass is 305 g/mol. The first-order valence-electron chi connectivity index (χ1n) is 6.86. The molecule has 0 bridgehead atoms. The van der Waals surface area contributed by atoms with Crippen LogP contribution in [0.3, 0.4) is 0 Å². The van der Waals surface area contributed by atoms with Gasteiger partial charge in [0.05, 0.1) is 0 Å². The molecule has 0 aliphatic rings. The summed E-state index contributed by atoms with van der Waals surface area (Å²) in [5.74, 6) is 1.61. The SMILES string of the molecule is Cc1cc(OCCOc2cc(C)c(Cl)c(C)c2)ccc1N. The van der Waals surface area contributed by atoms with E-state index in [9.17, 15) is 0 Å². The summed E-state index contributed by atoms with van der Waals surface area (Å²) in [6.45, 7) is 6.84. The van der Waals surface area contributed by atoms with E-state index < -0.39 is 0 Å². The van der Waals surface area contributed by atoms with Crippen LogP contribution in [0.1, 0.15) is 16.7 Å². The highest BCUT2D eigenvalue weighted by molar-refractivity contribution is 6.32. The third kappa shape index (κ3) is 4.05. The maximum absolute atomic E-state index is 6.13. The predicted molar refractivity (Wildman–Crippen MR) is 87.5 cm³/mol. The number of rotatable bonds is 5. The lowest BCUT2D eigenvalue weighted by atomic mass is 10.1. The molecule has 0 aromatic heterocycles. The number of hydrogen-bond donors (Lipinski definition) is 1. The highest BCUT2D eigenvalue weighted by atomic mass is 35.5.